The molecule has 3 heterocycles. The van der Waals surface area contributed by atoms with Gasteiger partial charge in [0.2, 0.25) is 5.91 Å². The minimum absolute atomic E-state index is 0.155. The zero-order valence-electron chi connectivity index (χ0n) is 23.6. The highest BCUT2D eigenvalue weighted by Gasteiger charge is 2.36. The molecule has 1 aromatic heterocycles. The van der Waals surface area contributed by atoms with Crippen LogP contribution >= 0.6 is 0 Å². The number of nitrogens with one attached hydrogen (secondary N) is 1. The Morgan fingerprint density at radius 3 is 2.12 bits per heavy atom. The van der Waals surface area contributed by atoms with Crippen molar-refractivity contribution in [2.45, 2.75) is 52.4 Å². The van der Waals surface area contributed by atoms with Crippen LogP contribution in [0.2, 0.25) is 0 Å². The molecule has 2 aliphatic rings. The topological polar surface area (TPSA) is 73.5 Å². The van der Waals surface area contributed by atoms with Crippen molar-refractivity contribution in [2.75, 3.05) is 19.6 Å². The normalized spacial score (nSPS) is 15.4. The zero-order valence-corrected chi connectivity index (χ0v) is 23.6. The van der Waals surface area contributed by atoms with Crippen LogP contribution in [0, 0.1) is 13.8 Å². The van der Waals surface area contributed by atoms with E-state index in [0.29, 0.717) is 17.5 Å². The fourth-order valence-corrected chi connectivity index (χ4v) is 6.37. The van der Waals surface area contributed by atoms with E-state index in [0.717, 1.165) is 70.3 Å². The highest BCUT2D eigenvalue weighted by molar-refractivity contribution is 6.21. The zero-order chi connectivity index (χ0) is 28.2. The molecule has 2 aliphatic heterocycles. The average Bonchev–Trinajstić information content (AvgIpc) is 3.65. The third-order valence-electron chi connectivity index (χ3n) is 8.53. The molecule has 0 atom stereocenters. The molecule has 0 aliphatic carbocycles. The second-order valence-electron chi connectivity index (χ2n) is 11.8. The molecule has 3 amide bonds. The number of rotatable bonds is 6. The summed E-state index contributed by atoms with van der Waals surface area (Å²) in [4.78, 5) is 46.7. The van der Waals surface area contributed by atoms with Gasteiger partial charge in [-0.1, -0.05) is 35.4 Å². The van der Waals surface area contributed by atoms with Crippen molar-refractivity contribution < 1.29 is 14.4 Å². The first-order valence-electron chi connectivity index (χ1n) is 14.1. The lowest BCUT2D eigenvalue weighted by atomic mass is 9.82. The predicted octanol–water partition coefficient (Wildman–Crippen LogP) is 6.19. The van der Waals surface area contributed by atoms with Crippen LogP contribution in [-0.4, -0.2) is 52.1 Å². The SMILES string of the molecule is Cc1cc(C)cc(-c2[nH]c3ccc(C(C)(C)C(=O)N4CCCC4)cc3c2CCN2C(=O)c3ccccc3C2=O)c1. The van der Waals surface area contributed by atoms with Crippen molar-refractivity contribution in [3.63, 3.8) is 0 Å². The number of imide groups is 1. The van der Waals surface area contributed by atoms with Crippen molar-refractivity contribution in [2.24, 2.45) is 0 Å². The molecular formula is C34H35N3O3. The van der Waals surface area contributed by atoms with E-state index in [9.17, 15) is 14.4 Å². The van der Waals surface area contributed by atoms with Crippen molar-refractivity contribution in [1.29, 1.82) is 0 Å². The number of likely N-dealkylation sites (tertiary alicyclic amines) is 1. The Morgan fingerprint density at radius 1 is 0.875 bits per heavy atom. The Labute approximate surface area is 235 Å². The number of nitrogens with zero attached hydrogens (tertiary/aromatic N) is 2. The number of hydrogen-bond donors (Lipinski definition) is 1. The summed E-state index contributed by atoms with van der Waals surface area (Å²) >= 11 is 0. The van der Waals surface area contributed by atoms with Gasteiger partial charge in [-0.2, -0.15) is 0 Å². The van der Waals surface area contributed by atoms with Crippen LogP contribution in [0.25, 0.3) is 22.2 Å². The molecular weight excluding hydrogens is 498 g/mol. The van der Waals surface area contributed by atoms with E-state index in [2.05, 4.69) is 49.2 Å². The minimum atomic E-state index is -0.671. The standard InChI is InChI=1S/C34H35N3O3/c1-21-17-22(2)19-23(18-21)30-25(13-16-37-31(38)26-9-5-6-10-27(26)32(37)39)28-20-24(11-12-29(28)35-30)34(3,4)33(40)36-14-7-8-15-36/h5-6,9-12,17-20,35H,7-8,13-16H2,1-4H3. The number of fused-ring (bicyclic) bond motifs is 2. The number of carbonyl (C=O) groups is 3. The maximum atomic E-state index is 13.5. The van der Waals surface area contributed by atoms with Crippen molar-refractivity contribution in [1.82, 2.24) is 14.8 Å². The largest absolute Gasteiger partial charge is 0.354 e. The van der Waals surface area contributed by atoms with Gasteiger partial charge in [-0.3, -0.25) is 19.3 Å². The van der Waals surface area contributed by atoms with Crippen LogP contribution < -0.4 is 0 Å². The van der Waals surface area contributed by atoms with E-state index in [4.69, 9.17) is 0 Å². The van der Waals surface area contributed by atoms with Crippen LogP contribution in [0.1, 0.15) is 69.7 Å². The van der Waals surface area contributed by atoms with Gasteiger partial charge >= 0.3 is 0 Å². The minimum Gasteiger partial charge on any atom is -0.354 e. The summed E-state index contributed by atoms with van der Waals surface area (Å²) in [5, 5.41) is 1.02. The monoisotopic (exact) mass is 533 g/mol. The molecule has 3 aromatic carbocycles. The van der Waals surface area contributed by atoms with E-state index in [-0.39, 0.29) is 24.3 Å². The van der Waals surface area contributed by atoms with Gasteiger partial charge in [-0.15, -0.1) is 0 Å². The molecule has 1 fully saturated rings. The van der Waals surface area contributed by atoms with E-state index < -0.39 is 5.41 Å². The first-order valence-corrected chi connectivity index (χ1v) is 14.1. The Hall–Kier alpha value is -4.19. The summed E-state index contributed by atoms with van der Waals surface area (Å²) in [5.41, 5.74) is 7.62. The molecule has 0 radical (unpaired) electrons. The lowest BCUT2D eigenvalue weighted by Crippen LogP contribution is -2.41. The maximum Gasteiger partial charge on any atom is 0.261 e. The van der Waals surface area contributed by atoms with Gasteiger partial charge in [-0.25, -0.2) is 0 Å². The number of hydrogen-bond acceptors (Lipinski definition) is 3. The third-order valence-corrected chi connectivity index (χ3v) is 8.53. The smallest absolute Gasteiger partial charge is 0.261 e. The quantitative estimate of drug-likeness (QED) is 0.300. The number of H-pyrrole nitrogens is 1. The number of benzene rings is 3. The first kappa shape index (κ1) is 26.1. The number of amides is 3. The molecule has 1 saturated heterocycles. The highest BCUT2D eigenvalue weighted by atomic mass is 16.2. The third kappa shape index (κ3) is 4.32. The molecule has 6 heteroatoms. The van der Waals surface area contributed by atoms with Crippen LogP contribution in [0.15, 0.2) is 60.7 Å². The number of aromatic amines is 1. The van der Waals surface area contributed by atoms with E-state index in [1.807, 2.05) is 24.8 Å². The molecule has 1 N–H and O–H groups in total. The average molecular weight is 534 g/mol. The van der Waals surface area contributed by atoms with Gasteiger partial charge in [0.25, 0.3) is 11.8 Å². The summed E-state index contributed by atoms with van der Waals surface area (Å²) < 4.78 is 0. The summed E-state index contributed by atoms with van der Waals surface area (Å²) in [5.74, 6) is -0.333. The lowest BCUT2D eigenvalue weighted by Gasteiger charge is -2.29. The number of aromatic nitrogens is 1. The Balaban J connectivity index is 1.42. The molecule has 0 spiro atoms. The lowest BCUT2D eigenvalue weighted by molar-refractivity contribution is -0.135. The summed E-state index contributed by atoms with van der Waals surface area (Å²) in [6.45, 7) is 10.1. The van der Waals surface area contributed by atoms with Gasteiger partial charge in [0.15, 0.2) is 0 Å². The van der Waals surface area contributed by atoms with Crippen LogP contribution in [-0.2, 0) is 16.6 Å². The van der Waals surface area contributed by atoms with Gasteiger partial charge in [0, 0.05) is 36.2 Å². The van der Waals surface area contributed by atoms with Crippen molar-refractivity contribution >= 4 is 28.6 Å². The molecule has 0 unspecified atom stereocenters. The number of carbonyl (C=O) groups excluding carboxylic acids is 3. The molecule has 0 bridgehead atoms. The highest BCUT2D eigenvalue weighted by Crippen LogP contribution is 2.36. The summed E-state index contributed by atoms with van der Waals surface area (Å²) in [6, 6.07) is 19.7. The van der Waals surface area contributed by atoms with E-state index in [1.54, 1.807) is 24.3 Å². The summed E-state index contributed by atoms with van der Waals surface area (Å²) in [6.07, 6.45) is 2.61. The number of aryl methyl sites for hydroxylation is 2. The fourth-order valence-electron chi connectivity index (χ4n) is 6.37. The van der Waals surface area contributed by atoms with Crippen LogP contribution in [0.4, 0.5) is 0 Å². The maximum absolute atomic E-state index is 13.5. The van der Waals surface area contributed by atoms with Gasteiger partial charge < -0.3 is 9.88 Å². The second-order valence-corrected chi connectivity index (χ2v) is 11.8. The molecule has 4 aromatic rings. The van der Waals surface area contributed by atoms with Crippen LogP contribution in [0.5, 0.6) is 0 Å². The Bertz CT molecular complexity index is 1620. The fraction of sp³-hybridized carbons (Fsp3) is 0.324. The van der Waals surface area contributed by atoms with Gasteiger partial charge in [-0.05, 0) is 100 Å². The van der Waals surface area contributed by atoms with Gasteiger partial charge in [0.05, 0.1) is 16.5 Å². The van der Waals surface area contributed by atoms with Gasteiger partial charge in [0.1, 0.15) is 0 Å². The second kappa shape index (κ2) is 9.77. The first-order chi connectivity index (χ1) is 19.1. The van der Waals surface area contributed by atoms with E-state index >= 15 is 0 Å². The molecule has 40 heavy (non-hydrogen) atoms. The molecule has 0 saturated carbocycles. The molecule has 204 valence electrons. The Morgan fingerprint density at radius 2 is 1.50 bits per heavy atom. The molecule has 6 nitrogen and oxygen atoms in total. The predicted molar refractivity (Wildman–Crippen MR) is 158 cm³/mol. The van der Waals surface area contributed by atoms with Crippen LogP contribution in [0.3, 0.4) is 0 Å². The van der Waals surface area contributed by atoms with Crippen molar-refractivity contribution in [3.05, 3.63) is 94.0 Å². The Kier molecular flexibility index (Phi) is 6.37. The van der Waals surface area contributed by atoms with Crippen molar-refractivity contribution in [3.8, 4) is 11.3 Å². The summed E-state index contributed by atoms with van der Waals surface area (Å²) in [7, 11) is 0. The van der Waals surface area contributed by atoms with E-state index in [1.165, 1.54) is 4.90 Å². The molecule has 6 rings (SSSR count).